The molecule has 1 aliphatic rings. The van der Waals surface area contributed by atoms with E-state index in [0.717, 1.165) is 11.3 Å². The van der Waals surface area contributed by atoms with E-state index in [2.05, 4.69) is 40.7 Å². The summed E-state index contributed by atoms with van der Waals surface area (Å²) < 4.78 is 5.74. The van der Waals surface area contributed by atoms with Gasteiger partial charge in [-0.15, -0.1) is 0 Å². The van der Waals surface area contributed by atoms with Crippen LogP contribution in [0.4, 0.5) is 0 Å². The van der Waals surface area contributed by atoms with E-state index in [0.29, 0.717) is 0 Å². The van der Waals surface area contributed by atoms with Gasteiger partial charge in [-0.3, -0.25) is 0 Å². The van der Waals surface area contributed by atoms with E-state index >= 15 is 0 Å². The summed E-state index contributed by atoms with van der Waals surface area (Å²) in [5.74, 6) is 0.817. The molecule has 1 nitrogen and oxygen atoms in total. The Morgan fingerprint density at radius 1 is 1.00 bits per heavy atom. The summed E-state index contributed by atoms with van der Waals surface area (Å²) in [7, 11) is 11.9. The van der Waals surface area contributed by atoms with Gasteiger partial charge in [-0.2, -0.15) is 0 Å². The summed E-state index contributed by atoms with van der Waals surface area (Å²) >= 11 is -2.69. The van der Waals surface area contributed by atoms with Crippen molar-refractivity contribution in [1.29, 1.82) is 0 Å². The molecular formula is C16H19Cl2OZr. The van der Waals surface area contributed by atoms with Gasteiger partial charge in [-0.25, -0.2) is 0 Å². The number of halogens is 2. The summed E-state index contributed by atoms with van der Waals surface area (Å²) in [5.41, 5.74) is 6.56. The van der Waals surface area contributed by atoms with E-state index in [-0.39, 0.29) is 5.41 Å². The van der Waals surface area contributed by atoms with Gasteiger partial charge < -0.3 is 0 Å². The van der Waals surface area contributed by atoms with Crippen molar-refractivity contribution >= 4 is 22.6 Å². The van der Waals surface area contributed by atoms with Crippen LogP contribution >= 0.6 is 17.0 Å². The van der Waals surface area contributed by atoms with Gasteiger partial charge in [0, 0.05) is 0 Å². The van der Waals surface area contributed by atoms with E-state index < -0.39 is 19.8 Å². The van der Waals surface area contributed by atoms with Crippen molar-refractivity contribution in [1.82, 2.24) is 0 Å². The molecule has 0 spiro atoms. The molecule has 1 aromatic rings. The summed E-state index contributed by atoms with van der Waals surface area (Å²) in [4.78, 5) is 0. The fraction of sp³-hybridized carbons (Fsp3) is 0.375. The first-order valence-electron chi connectivity index (χ1n) is 6.61. The van der Waals surface area contributed by atoms with Crippen molar-refractivity contribution in [2.75, 3.05) is 0 Å². The molecule has 1 aliphatic carbocycles. The molecule has 107 valence electrons. The number of hydrogen-bond donors (Lipinski definition) is 0. The standard InChI is InChI=1S/C16H20O.2ClH.Zr/c1-10-11(2)15(16(4,5)12(10)3)13-8-6-7-9-14(13)17;;;/h6-9,17H,1-5H3;2*1H;/q;;;+3/p-3. The average Bonchev–Trinajstić information content (AvgIpc) is 2.51. The van der Waals surface area contributed by atoms with Crippen LogP contribution in [-0.2, 0) is 19.8 Å². The third-order valence-electron chi connectivity index (χ3n) is 4.41. The van der Waals surface area contributed by atoms with E-state index in [9.17, 15) is 0 Å². The van der Waals surface area contributed by atoms with Crippen LogP contribution in [0.15, 0.2) is 41.0 Å². The van der Waals surface area contributed by atoms with E-state index in [1.54, 1.807) is 0 Å². The number of benzene rings is 1. The topological polar surface area (TPSA) is 9.23 Å². The second-order valence-corrected chi connectivity index (χ2v) is 12.5. The van der Waals surface area contributed by atoms with Crippen LogP contribution in [0.2, 0.25) is 0 Å². The molecule has 0 fully saturated rings. The van der Waals surface area contributed by atoms with Crippen LogP contribution in [0.3, 0.4) is 0 Å². The van der Waals surface area contributed by atoms with Crippen LogP contribution in [0.5, 0.6) is 5.75 Å². The van der Waals surface area contributed by atoms with Crippen molar-refractivity contribution in [3.8, 4) is 5.75 Å². The van der Waals surface area contributed by atoms with Gasteiger partial charge in [0.2, 0.25) is 0 Å². The van der Waals surface area contributed by atoms with Crippen molar-refractivity contribution < 1.29 is 22.6 Å². The molecule has 0 heterocycles. The fourth-order valence-corrected chi connectivity index (χ4v) is 4.81. The Balaban J connectivity index is 2.59. The van der Waals surface area contributed by atoms with Gasteiger partial charge in [-0.05, 0) is 0 Å². The van der Waals surface area contributed by atoms with E-state index in [1.807, 2.05) is 18.2 Å². The molecular weight excluding hydrogens is 370 g/mol. The van der Waals surface area contributed by atoms with Crippen molar-refractivity contribution in [3.05, 3.63) is 46.5 Å². The normalized spacial score (nSPS) is 17.8. The SMILES string of the molecule is CC1=C(C)C(C)(C)C(c2ccccc2[O][Zr]([Cl])[Cl])=C1C. The van der Waals surface area contributed by atoms with Crippen LogP contribution in [0.1, 0.15) is 40.2 Å². The summed E-state index contributed by atoms with van der Waals surface area (Å²) in [6.45, 7) is 11.1. The Morgan fingerprint density at radius 2 is 1.60 bits per heavy atom. The third kappa shape index (κ3) is 2.80. The molecule has 0 aliphatic heterocycles. The van der Waals surface area contributed by atoms with Gasteiger partial charge in [0.15, 0.2) is 0 Å². The molecule has 0 amide bonds. The van der Waals surface area contributed by atoms with Gasteiger partial charge in [-0.1, -0.05) is 0 Å². The molecule has 0 saturated carbocycles. The monoisotopic (exact) mass is 387 g/mol. The van der Waals surface area contributed by atoms with Crippen molar-refractivity contribution in [3.63, 3.8) is 0 Å². The Kier molecular flexibility index (Phi) is 4.89. The van der Waals surface area contributed by atoms with E-state index in [1.165, 1.54) is 22.3 Å². The molecule has 20 heavy (non-hydrogen) atoms. The zero-order chi connectivity index (χ0) is 15.1. The minimum atomic E-state index is -2.69. The third-order valence-corrected chi connectivity index (χ3v) is 6.24. The van der Waals surface area contributed by atoms with Crippen LogP contribution < -0.4 is 2.81 Å². The van der Waals surface area contributed by atoms with Gasteiger partial charge in [0.05, 0.1) is 0 Å². The van der Waals surface area contributed by atoms with Crippen LogP contribution in [-0.4, -0.2) is 0 Å². The van der Waals surface area contributed by atoms with Gasteiger partial charge in [0.25, 0.3) is 0 Å². The first kappa shape index (κ1) is 16.3. The number of rotatable bonds is 3. The van der Waals surface area contributed by atoms with E-state index in [4.69, 9.17) is 19.8 Å². The molecule has 0 saturated heterocycles. The van der Waals surface area contributed by atoms with Gasteiger partial charge in [0.1, 0.15) is 0 Å². The Morgan fingerprint density at radius 3 is 2.10 bits per heavy atom. The fourth-order valence-electron chi connectivity index (χ4n) is 2.98. The zero-order valence-electron chi connectivity index (χ0n) is 12.5. The predicted octanol–water partition coefficient (Wildman–Crippen LogP) is 6.06. The summed E-state index contributed by atoms with van der Waals surface area (Å²) in [6, 6.07) is 8.05. The molecule has 0 unspecified atom stereocenters. The molecule has 2 rings (SSSR count). The number of hydrogen-bond acceptors (Lipinski definition) is 1. The zero-order valence-corrected chi connectivity index (χ0v) is 16.4. The molecule has 0 bridgehead atoms. The maximum absolute atomic E-state index is 5.97. The second kappa shape index (κ2) is 5.99. The number of para-hydroxylation sites is 1. The van der Waals surface area contributed by atoms with Gasteiger partial charge >= 0.3 is 138 Å². The molecule has 0 N–H and O–H groups in total. The minimum absolute atomic E-state index is 0.00970. The number of allylic oxidation sites excluding steroid dienone is 4. The molecule has 4 heteroatoms. The predicted molar refractivity (Wildman–Crippen MR) is 83.5 cm³/mol. The van der Waals surface area contributed by atoms with Crippen molar-refractivity contribution in [2.24, 2.45) is 5.41 Å². The Bertz CT molecular complexity index is 600. The first-order valence-corrected chi connectivity index (χ1v) is 13.9. The average molecular weight is 389 g/mol. The molecule has 1 aromatic carbocycles. The quantitative estimate of drug-likeness (QED) is 0.611. The first-order chi connectivity index (χ1) is 9.26. The molecule has 0 atom stereocenters. The van der Waals surface area contributed by atoms with Crippen molar-refractivity contribution in [2.45, 2.75) is 34.6 Å². The Labute approximate surface area is 137 Å². The summed E-state index contributed by atoms with van der Waals surface area (Å²) in [5, 5.41) is 0. The summed E-state index contributed by atoms with van der Waals surface area (Å²) in [6.07, 6.45) is 0. The van der Waals surface area contributed by atoms with Crippen LogP contribution in [0, 0.1) is 5.41 Å². The molecule has 0 aromatic heterocycles. The molecule has 0 radical (unpaired) electrons. The maximum atomic E-state index is 5.97. The Hall–Kier alpha value is -0.0369. The second-order valence-electron chi connectivity index (χ2n) is 5.70. The van der Waals surface area contributed by atoms with Crippen LogP contribution in [0.25, 0.3) is 5.57 Å².